The minimum absolute atomic E-state index is 0.492. The number of hydrogen-bond acceptors (Lipinski definition) is 0. The molecule has 1 rings (SSSR count). The molecular weight excluding hydrogens is 151 g/mol. The molecule has 0 nitrogen and oxygen atoms in total. The van der Waals surface area contributed by atoms with Crippen LogP contribution < -0.4 is 0 Å². The molecule has 0 saturated carbocycles. The molecular formula is C8H6ClF. The van der Waals surface area contributed by atoms with E-state index < -0.39 is 0 Å². The summed E-state index contributed by atoms with van der Waals surface area (Å²) in [6, 6.07) is 6.99. The molecule has 0 aliphatic carbocycles. The van der Waals surface area contributed by atoms with Crippen molar-refractivity contribution < 1.29 is 4.39 Å². The van der Waals surface area contributed by atoms with Crippen LogP contribution in [0.15, 0.2) is 30.6 Å². The van der Waals surface area contributed by atoms with Gasteiger partial charge >= 0.3 is 0 Å². The van der Waals surface area contributed by atoms with Gasteiger partial charge in [0.25, 0.3) is 0 Å². The number of rotatable bonds is 1. The summed E-state index contributed by atoms with van der Waals surface area (Å²) in [6.07, 6.45) is 1.84. The predicted octanol–water partition coefficient (Wildman–Crippen LogP) is 3.28. The SMILES string of the molecule is FC=Cc1cccc(Cl)c1. The molecule has 52 valence electrons. The van der Waals surface area contributed by atoms with Crippen molar-refractivity contribution in [3.63, 3.8) is 0 Å². The maximum Gasteiger partial charge on any atom is 0.0872 e. The van der Waals surface area contributed by atoms with Gasteiger partial charge in [0.1, 0.15) is 0 Å². The third kappa shape index (κ3) is 1.85. The molecule has 0 saturated heterocycles. The summed E-state index contributed by atoms with van der Waals surface area (Å²) >= 11 is 5.62. The summed E-state index contributed by atoms with van der Waals surface area (Å²) in [4.78, 5) is 0. The Bertz CT molecular complexity index is 243. The Morgan fingerprint density at radius 2 is 2.20 bits per heavy atom. The zero-order chi connectivity index (χ0) is 7.40. The molecule has 0 fully saturated rings. The molecule has 0 aromatic heterocycles. The van der Waals surface area contributed by atoms with Gasteiger partial charge in [-0.15, -0.1) is 0 Å². The normalized spacial score (nSPS) is 10.6. The average Bonchev–Trinajstić information content (AvgIpc) is 1.88. The molecule has 0 aliphatic heterocycles. The standard InChI is InChI=1S/C8H6ClF/c9-8-3-1-2-7(6-8)4-5-10/h1-6H. The van der Waals surface area contributed by atoms with Crippen LogP contribution in [0.3, 0.4) is 0 Å². The maximum absolute atomic E-state index is 11.6. The molecule has 0 unspecified atom stereocenters. The second-order valence-corrected chi connectivity index (χ2v) is 2.28. The molecule has 0 amide bonds. The Kier molecular flexibility index (Phi) is 2.46. The van der Waals surface area contributed by atoms with E-state index in [4.69, 9.17) is 11.6 Å². The van der Waals surface area contributed by atoms with Crippen molar-refractivity contribution >= 4 is 17.7 Å². The zero-order valence-electron chi connectivity index (χ0n) is 5.22. The Morgan fingerprint density at radius 3 is 2.80 bits per heavy atom. The second kappa shape index (κ2) is 3.37. The molecule has 1 aromatic carbocycles. The van der Waals surface area contributed by atoms with Gasteiger partial charge < -0.3 is 0 Å². The van der Waals surface area contributed by atoms with E-state index in [9.17, 15) is 4.39 Å². The Hall–Kier alpha value is -0.820. The van der Waals surface area contributed by atoms with E-state index in [0.717, 1.165) is 5.56 Å². The summed E-state index contributed by atoms with van der Waals surface area (Å²) in [5.41, 5.74) is 0.773. The van der Waals surface area contributed by atoms with E-state index in [0.29, 0.717) is 11.4 Å². The van der Waals surface area contributed by atoms with E-state index >= 15 is 0 Å². The fourth-order valence-electron chi connectivity index (χ4n) is 0.683. The molecule has 0 spiro atoms. The summed E-state index contributed by atoms with van der Waals surface area (Å²) < 4.78 is 11.6. The second-order valence-electron chi connectivity index (χ2n) is 1.85. The highest BCUT2D eigenvalue weighted by molar-refractivity contribution is 6.30. The minimum Gasteiger partial charge on any atom is -0.216 e. The third-order valence-corrected chi connectivity index (χ3v) is 1.34. The fourth-order valence-corrected chi connectivity index (χ4v) is 0.882. The van der Waals surface area contributed by atoms with E-state index in [1.54, 1.807) is 24.3 Å². The first-order valence-electron chi connectivity index (χ1n) is 2.85. The van der Waals surface area contributed by atoms with Crippen LogP contribution >= 0.6 is 11.6 Å². The summed E-state index contributed by atoms with van der Waals surface area (Å²) in [5.74, 6) is 0. The summed E-state index contributed by atoms with van der Waals surface area (Å²) in [6.45, 7) is 0. The zero-order valence-corrected chi connectivity index (χ0v) is 5.98. The van der Waals surface area contributed by atoms with Gasteiger partial charge in [0, 0.05) is 5.02 Å². The van der Waals surface area contributed by atoms with Crippen molar-refractivity contribution in [2.24, 2.45) is 0 Å². The quantitative estimate of drug-likeness (QED) is 0.586. The van der Waals surface area contributed by atoms with Crippen molar-refractivity contribution in [3.05, 3.63) is 41.2 Å². The van der Waals surface area contributed by atoms with Crippen molar-refractivity contribution in [1.82, 2.24) is 0 Å². The van der Waals surface area contributed by atoms with E-state index in [-0.39, 0.29) is 0 Å². The van der Waals surface area contributed by atoms with Crippen LogP contribution in [-0.4, -0.2) is 0 Å². The fraction of sp³-hybridized carbons (Fsp3) is 0. The van der Waals surface area contributed by atoms with Crippen LogP contribution in [0, 0.1) is 0 Å². The van der Waals surface area contributed by atoms with Crippen LogP contribution in [0.5, 0.6) is 0 Å². The number of halogens is 2. The predicted molar refractivity (Wildman–Crippen MR) is 41.6 cm³/mol. The van der Waals surface area contributed by atoms with Crippen molar-refractivity contribution in [1.29, 1.82) is 0 Å². The first kappa shape index (κ1) is 7.29. The van der Waals surface area contributed by atoms with Gasteiger partial charge in [0.2, 0.25) is 0 Å². The van der Waals surface area contributed by atoms with Gasteiger partial charge in [-0.05, 0) is 23.8 Å². The molecule has 0 N–H and O–H groups in total. The van der Waals surface area contributed by atoms with Crippen LogP contribution in [0.2, 0.25) is 5.02 Å². The highest BCUT2D eigenvalue weighted by atomic mass is 35.5. The Labute approximate surface area is 63.9 Å². The molecule has 0 radical (unpaired) electrons. The molecule has 1 aromatic rings. The van der Waals surface area contributed by atoms with E-state index in [1.807, 2.05) is 0 Å². The van der Waals surface area contributed by atoms with Crippen molar-refractivity contribution in [2.75, 3.05) is 0 Å². The molecule has 0 aliphatic rings. The van der Waals surface area contributed by atoms with Crippen LogP contribution in [0.25, 0.3) is 6.08 Å². The van der Waals surface area contributed by atoms with Gasteiger partial charge in [-0.2, -0.15) is 0 Å². The van der Waals surface area contributed by atoms with Gasteiger partial charge in [0.05, 0.1) is 6.33 Å². The highest BCUT2D eigenvalue weighted by Gasteiger charge is 1.86. The molecule has 10 heavy (non-hydrogen) atoms. The minimum atomic E-state index is 0.492. The van der Waals surface area contributed by atoms with E-state index in [2.05, 4.69) is 0 Å². The Morgan fingerprint density at radius 1 is 1.40 bits per heavy atom. The molecule has 0 bridgehead atoms. The molecule has 0 heterocycles. The largest absolute Gasteiger partial charge is 0.216 e. The summed E-state index contributed by atoms with van der Waals surface area (Å²) in [5, 5.41) is 0.621. The average molecular weight is 157 g/mol. The topological polar surface area (TPSA) is 0 Å². The van der Waals surface area contributed by atoms with Crippen molar-refractivity contribution in [2.45, 2.75) is 0 Å². The lowest BCUT2D eigenvalue weighted by Crippen LogP contribution is -1.68. The Balaban J connectivity index is 2.95. The molecule has 2 heteroatoms. The monoisotopic (exact) mass is 156 g/mol. The van der Waals surface area contributed by atoms with Crippen LogP contribution in [0.1, 0.15) is 5.56 Å². The smallest absolute Gasteiger partial charge is 0.0872 e. The number of benzene rings is 1. The lowest BCUT2D eigenvalue weighted by Gasteiger charge is -1.90. The van der Waals surface area contributed by atoms with Crippen LogP contribution in [-0.2, 0) is 0 Å². The first-order chi connectivity index (χ1) is 4.83. The van der Waals surface area contributed by atoms with Gasteiger partial charge in [-0.25, -0.2) is 4.39 Å². The van der Waals surface area contributed by atoms with Crippen molar-refractivity contribution in [3.8, 4) is 0 Å². The summed E-state index contributed by atoms with van der Waals surface area (Å²) in [7, 11) is 0. The first-order valence-corrected chi connectivity index (χ1v) is 3.23. The van der Waals surface area contributed by atoms with Crippen LogP contribution in [0.4, 0.5) is 4.39 Å². The molecule has 0 atom stereocenters. The van der Waals surface area contributed by atoms with Gasteiger partial charge in [-0.3, -0.25) is 0 Å². The van der Waals surface area contributed by atoms with Gasteiger partial charge in [0.15, 0.2) is 0 Å². The number of hydrogen-bond donors (Lipinski definition) is 0. The lowest BCUT2D eigenvalue weighted by atomic mass is 10.2. The van der Waals surface area contributed by atoms with Gasteiger partial charge in [-0.1, -0.05) is 23.7 Å². The maximum atomic E-state index is 11.6. The highest BCUT2D eigenvalue weighted by Crippen LogP contribution is 2.11. The lowest BCUT2D eigenvalue weighted by molar-refractivity contribution is 0.727. The third-order valence-electron chi connectivity index (χ3n) is 1.10. The van der Waals surface area contributed by atoms with E-state index in [1.165, 1.54) is 6.08 Å².